The first-order chi connectivity index (χ1) is 13.6. The average Bonchev–Trinajstić information content (AvgIpc) is 3.35. The van der Waals surface area contributed by atoms with Crippen molar-refractivity contribution in [2.24, 2.45) is 23.7 Å². The highest BCUT2D eigenvalue weighted by molar-refractivity contribution is 6.16. The third-order valence-electron chi connectivity index (χ3n) is 6.25. The van der Waals surface area contributed by atoms with E-state index in [4.69, 9.17) is 9.47 Å². The van der Waals surface area contributed by atoms with Gasteiger partial charge in [0.15, 0.2) is 5.78 Å². The van der Waals surface area contributed by atoms with Gasteiger partial charge in [-0.2, -0.15) is 0 Å². The van der Waals surface area contributed by atoms with E-state index in [1.165, 1.54) is 0 Å². The van der Waals surface area contributed by atoms with Crippen LogP contribution in [0.1, 0.15) is 11.1 Å². The lowest BCUT2D eigenvalue weighted by molar-refractivity contribution is -0.124. The molecule has 2 aromatic carbocycles. The van der Waals surface area contributed by atoms with E-state index in [2.05, 4.69) is 6.08 Å². The van der Waals surface area contributed by atoms with Crippen LogP contribution in [0.25, 0.3) is 11.1 Å². The second-order valence-electron chi connectivity index (χ2n) is 7.55. The molecular weight excluding hydrogens is 352 g/mol. The summed E-state index contributed by atoms with van der Waals surface area (Å²) in [6.45, 7) is 0. The lowest BCUT2D eigenvalue weighted by Gasteiger charge is -2.25. The predicted octanol–water partition coefficient (Wildman–Crippen LogP) is 3.81. The Hall–Kier alpha value is -3.14. The number of allylic oxidation sites excluding steroid dienone is 4. The normalized spacial score (nSPS) is 27.5. The molecule has 0 spiro atoms. The number of rotatable bonds is 4. The third-order valence-corrected chi connectivity index (χ3v) is 6.25. The molecule has 140 valence electrons. The van der Waals surface area contributed by atoms with Gasteiger partial charge in [-0.3, -0.25) is 9.59 Å². The van der Waals surface area contributed by atoms with Gasteiger partial charge in [0.2, 0.25) is 0 Å². The van der Waals surface area contributed by atoms with Crippen LogP contribution in [0.15, 0.2) is 60.7 Å². The Morgan fingerprint density at radius 2 is 1.39 bits per heavy atom. The molecule has 1 fully saturated rings. The summed E-state index contributed by atoms with van der Waals surface area (Å²) in [4.78, 5) is 26.0. The summed E-state index contributed by atoms with van der Waals surface area (Å²) < 4.78 is 10.7. The molecule has 4 atom stereocenters. The lowest BCUT2D eigenvalue weighted by atomic mass is 9.76. The number of ketones is 2. The summed E-state index contributed by atoms with van der Waals surface area (Å²) in [6.07, 6.45) is 3.80. The van der Waals surface area contributed by atoms with Gasteiger partial charge < -0.3 is 9.47 Å². The number of ether oxygens (including phenoxy) is 2. The van der Waals surface area contributed by atoms with Crippen LogP contribution in [0, 0.1) is 23.7 Å². The van der Waals surface area contributed by atoms with Crippen LogP contribution in [0.4, 0.5) is 0 Å². The molecule has 3 aliphatic carbocycles. The van der Waals surface area contributed by atoms with Gasteiger partial charge in [-0.25, -0.2) is 0 Å². The van der Waals surface area contributed by atoms with Crippen molar-refractivity contribution >= 4 is 22.7 Å². The van der Waals surface area contributed by atoms with E-state index in [1.54, 1.807) is 20.3 Å². The molecule has 0 heterocycles. The van der Waals surface area contributed by atoms with Gasteiger partial charge >= 0.3 is 0 Å². The average molecular weight is 372 g/mol. The highest BCUT2D eigenvalue weighted by Gasteiger charge is 2.60. The summed E-state index contributed by atoms with van der Waals surface area (Å²) in [5, 5.41) is 0. The van der Waals surface area contributed by atoms with Gasteiger partial charge in [0.1, 0.15) is 17.3 Å². The number of hydrogen-bond acceptors (Lipinski definition) is 4. The van der Waals surface area contributed by atoms with E-state index >= 15 is 0 Å². The van der Waals surface area contributed by atoms with E-state index < -0.39 is 0 Å². The van der Waals surface area contributed by atoms with Crippen molar-refractivity contribution in [3.05, 3.63) is 71.8 Å². The minimum atomic E-state index is -0.367. The zero-order valence-electron chi connectivity index (χ0n) is 15.7. The number of methoxy groups -OCH3 is 2. The molecule has 0 N–H and O–H groups in total. The second-order valence-corrected chi connectivity index (χ2v) is 7.55. The molecule has 0 saturated heterocycles. The van der Waals surface area contributed by atoms with Crippen molar-refractivity contribution < 1.29 is 19.1 Å². The van der Waals surface area contributed by atoms with Gasteiger partial charge in [-0.1, -0.05) is 30.3 Å². The number of hydrogen-bond donors (Lipinski definition) is 0. The number of carbonyl (C=O) groups excluding carboxylic acids is 2. The van der Waals surface area contributed by atoms with Crippen LogP contribution in [0.2, 0.25) is 0 Å². The van der Waals surface area contributed by atoms with E-state index in [9.17, 15) is 9.59 Å². The number of benzene rings is 2. The van der Waals surface area contributed by atoms with Crippen molar-refractivity contribution in [1.29, 1.82) is 0 Å². The van der Waals surface area contributed by atoms with Crippen LogP contribution in [-0.4, -0.2) is 25.8 Å². The van der Waals surface area contributed by atoms with E-state index in [-0.39, 0.29) is 35.2 Å². The minimum absolute atomic E-state index is 0.0529. The Morgan fingerprint density at radius 1 is 0.786 bits per heavy atom. The Morgan fingerprint density at radius 3 is 2.00 bits per heavy atom. The van der Waals surface area contributed by atoms with Crippen LogP contribution in [-0.2, 0) is 9.59 Å². The number of fused-ring (bicyclic) bond motifs is 5. The Balaban J connectivity index is 1.55. The Kier molecular flexibility index (Phi) is 3.76. The summed E-state index contributed by atoms with van der Waals surface area (Å²) >= 11 is 0. The summed E-state index contributed by atoms with van der Waals surface area (Å²) in [6, 6.07) is 15.4. The van der Waals surface area contributed by atoms with Crippen molar-refractivity contribution in [3.8, 4) is 11.5 Å². The van der Waals surface area contributed by atoms with Crippen molar-refractivity contribution in [3.63, 3.8) is 0 Å². The Bertz CT molecular complexity index is 1060. The summed E-state index contributed by atoms with van der Waals surface area (Å²) in [5.41, 5.74) is 3.83. The standard InChI is InChI=1S/C24H20O4/c1-27-15-7-3-5-13(9-15)17-11-19-21-18(14-6-4-8-16(10-14)28-2)12-20(25)23(21)22(17)24(19)26/h3-12,19,21-23H,1-2H3/t19-,21+,22+,23+/m0/s1. The molecule has 0 aliphatic heterocycles. The predicted molar refractivity (Wildman–Crippen MR) is 106 cm³/mol. The van der Waals surface area contributed by atoms with Crippen LogP contribution >= 0.6 is 0 Å². The molecular formula is C24H20O4. The number of carbonyl (C=O) groups is 2. The Labute approximate surface area is 163 Å². The van der Waals surface area contributed by atoms with Gasteiger partial charge in [-0.15, -0.1) is 0 Å². The van der Waals surface area contributed by atoms with Crippen molar-refractivity contribution in [2.45, 2.75) is 0 Å². The molecule has 4 heteroatoms. The van der Waals surface area contributed by atoms with Crippen LogP contribution < -0.4 is 9.47 Å². The van der Waals surface area contributed by atoms with Gasteiger partial charge in [0.05, 0.1) is 20.1 Å². The third kappa shape index (κ3) is 2.30. The van der Waals surface area contributed by atoms with E-state index in [0.717, 1.165) is 33.8 Å². The van der Waals surface area contributed by atoms with E-state index in [1.807, 2.05) is 48.5 Å². The van der Waals surface area contributed by atoms with Gasteiger partial charge in [-0.05, 0) is 52.6 Å². The van der Waals surface area contributed by atoms with E-state index in [0.29, 0.717) is 0 Å². The first kappa shape index (κ1) is 17.0. The summed E-state index contributed by atoms with van der Waals surface area (Å²) in [5.74, 6) is 0.715. The van der Waals surface area contributed by atoms with Crippen molar-refractivity contribution in [1.82, 2.24) is 0 Å². The largest absolute Gasteiger partial charge is 0.497 e. The summed E-state index contributed by atoms with van der Waals surface area (Å²) in [7, 11) is 3.25. The number of Topliss-reactive ketones (excluding diaryl/α,β-unsaturated/α-hetero) is 1. The fourth-order valence-electron chi connectivity index (χ4n) is 5.05. The molecule has 0 unspecified atom stereocenters. The fraction of sp³-hybridized carbons (Fsp3) is 0.250. The molecule has 3 aliphatic rings. The molecule has 28 heavy (non-hydrogen) atoms. The molecule has 0 aromatic heterocycles. The van der Waals surface area contributed by atoms with Gasteiger partial charge in [0, 0.05) is 17.8 Å². The highest BCUT2D eigenvalue weighted by atomic mass is 16.5. The molecule has 4 nitrogen and oxygen atoms in total. The van der Waals surface area contributed by atoms with Crippen molar-refractivity contribution in [2.75, 3.05) is 14.2 Å². The minimum Gasteiger partial charge on any atom is -0.497 e. The molecule has 0 radical (unpaired) electrons. The monoisotopic (exact) mass is 372 g/mol. The molecule has 2 bridgehead atoms. The molecule has 1 saturated carbocycles. The maximum Gasteiger partial charge on any atom is 0.160 e. The maximum atomic E-state index is 13.1. The molecule has 0 amide bonds. The zero-order valence-corrected chi connectivity index (χ0v) is 15.7. The second kappa shape index (κ2) is 6.20. The zero-order chi connectivity index (χ0) is 19.4. The first-order valence-corrected chi connectivity index (χ1v) is 9.42. The fourth-order valence-corrected chi connectivity index (χ4v) is 5.05. The first-order valence-electron chi connectivity index (χ1n) is 9.42. The topological polar surface area (TPSA) is 52.6 Å². The SMILES string of the molecule is COc1cccc(C2=C[C@@H]3C(=O)[C@H]2[C@@H]2C(=O)C=C(c4cccc(OC)c4)[C@@H]23)c1. The quantitative estimate of drug-likeness (QED) is 0.819. The molecule has 2 aromatic rings. The smallest absolute Gasteiger partial charge is 0.160 e. The van der Waals surface area contributed by atoms with Crippen LogP contribution in [0.5, 0.6) is 11.5 Å². The highest BCUT2D eigenvalue weighted by Crippen LogP contribution is 2.59. The lowest BCUT2D eigenvalue weighted by Crippen LogP contribution is -2.24. The maximum absolute atomic E-state index is 13.1. The van der Waals surface area contributed by atoms with Crippen LogP contribution in [0.3, 0.4) is 0 Å². The van der Waals surface area contributed by atoms with Gasteiger partial charge in [0.25, 0.3) is 0 Å². The molecule has 5 rings (SSSR count).